The van der Waals surface area contributed by atoms with Gasteiger partial charge in [-0.3, -0.25) is 0 Å². The van der Waals surface area contributed by atoms with Crippen LogP contribution in [0.15, 0.2) is 237 Å². The maximum absolute atomic E-state index is 15.7. The minimum Gasteiger partial charge on any atom is -0.305 e. The summed E-state index contributed by atoms with van der Waals surface area (Å²) in [5.74, 6) is -0.313. The van der Waals surface area contributed by atoms with Crippen molar-refractivity contribution in [2.45, 2.75) is 12.8 Å². The molecule has 344 valence electrons. The van der Waals surface area contributed by atoms with E-state index in [0.29, 0.717) is 0 Å². The molecule has 5 heteroatoms. The quantitative estimate of drug-likeness (QED) is 0.0853. The molecule has 0 atom stereocenters. The van der Waals surface area contributed by atoms with Gasteiger partial charge in [-0.15, -0.1) is 106 Å². The number of aryl methyl sites for hydroxylation is 2. The Labute approximate surface area is 434 Å². The average Bonchev–Trinajstić information content (AvgIpc) is 3.45. The first-order valence-electron chi connectivity index (χ1n) is 23.8. The van der Waals surface area contributed by atoms with E-state index in [4.69, 9.17) is 4.98 Å². The summed E-state index contributed by atoms with van der Waals surface area (Å²) >= 11 is 0. The van der Waals surface area contributed by atoms with Crippen LogP contribution in [0.2, 0.25) is 0 Å². The molecular formula is C67H45FIrN3. The molecule has 3 aromatic heterocycles. The van der Waals surface area contributed by atoms with E-state index in [2.05, 4.69) is 162 Å². The van der Waals surface area contributed by atoms with Crippen LogP contribution in [0.4, 0.5) is 4.39 Å². The minimum absolute atomic E-state index is 0. The predicted octanol–water partition coefficient (Wildman–Crippen LogP) is 16.7. The number of pyridine rings is 3. The molecule has 0 saturated carbocycles. The summed E-state index contributed by atoms with van der Waals surface area (Å²) < 4.78 is 15.7. The molecule has 0 saturated heterocycles. The van der Waals surface area contributed by atoms with Crippen LogP contribution in [-0.4, -0.2) is 15.0 Å². The fraction of sp³-hybridized carbons (Fsp3) is 0.0299. The number of nitrogens with zero attached hydrogens (tertiary/aromatic N) is 3. The summed E-state index contributed by atoms with van der Waals surface area (Å²) in [4.78, 5) is 14.1. The van der Waals surface area contributed by atoms with Crippen LogP contribution >= 0.6 is 0 Å². The molecule has 0 radical (unpaired) electrons. The second kappa shape index (κ2) is 22.1. The molecule has 3 nitrogen and oxygen atoms in total. The maximum atomic E-state index is 15.7. The van der Waals surface area contributed by atoms with Crippen LogP contribution in [0.5, 0.6) is 0 Å². The number of hydrogen-bond donors (Lipinski definition) is 0. The van der Waals surface area contributed by atoms with Gasteiger partial charge >= 0.3 is 20.1 Å². The zero-order chi connectivity index (χ0) is 47.8. The number of aromatic nitrogens is 3. The molecule has 3 heterocycles. The van der Waals surface area contributed by atoms with E-state index in [1.165, 1.54) is 16.7 Å². The Morgan fingerprint density at radius 3 is 1.67 bits per heavy atom. The summed E-state index contributed by atoms with van der Waals surface area (Å²) in [7, 11) is 0. The van der Waals surface area contributed by atoms with Crippen molar-refractivity contribution < 1.29 is 24.5 Å². The smallest absolute Gasteiger partial charge is 0.305 e. The van der Waals surface area contributed by atoms with Crippen molar-refractivity contribution in [3.8, 4) is 89.4 Å². The van der Waals surface area contributed by atoms with Gasteiger partial charge in [-0.2, -0.15) is 0 Å². The third kappa shape index (κ3) is 10.9. The summed E-state index contributed by atoms with van der Waals surface area (Å²) in [5, 5.41) is 0. The Balaban J connectivity index is 0.00000596. The van der Waals surface area contributed by atoms with Gasteiger partial charge in [0.05, 0.1) is 0 Å². The van der Waals surface area contributed by atoms with Crippen molar-refractivity contribution in [3.63, 3.8) is 0 Å². The first-order chi connectivity index (χ1) is 35.1. The van der Waals surface area contributed by atoms with Crippen molar-refractivity contribution in [2.75, 3.05) is 0 Å². The number of rotatable bonds is 13. The summed E-state index contributed by atoms with van der Waals surface area (Å²) in [6.07, 6.45) is 11.3. The van der Waals surface area contributed by atoms with E-state index in [0.717, 1.165) is 108 Å². The molecule has 0 amide bonds. The Kier molecular flexibility index (Phi) is 14.5. The van der Waals surface area contributed by atoms with Crippen LogP contribution in [0.1, 0.15) is 22.3 Å². The molecule has 0 spiro atoms. The molecule has 0 aliphatic carbocycles. The second-order valence-electron chi connectivity index (χ2n) is 17.5. The van der Waals surface area contributed by atoms with E-state index in [1.807, 2.05) is 91.1 Å². The zero-order valence-electron chi connectivity index (χ0n) is 39.1. The van der Waals surface area contributed by atoms with Crippen LogP contribution in [-0.2, 0) is 32.9 Å². The first-order valence-corrected chi connectivity index (χ1v) is 23.8. The monoisotopic (exact) mass is 1100 g/mol. The van der Waals surface area contributed by atoms with Crippen LogP contribution in [0, 0.1) is 24.0 Å². The van der Waals surface area contributed by atoms with E-state index in [1.54, 1.807) is 24.5 Å². The molecule has 0 aliphatic rings. The van der Waals surface area contributed by atoms with Crippen molar-refractivity contribution in [2.24, 2.45) is 0 Å². The zero-order valence-corrected chi connectivity index (χ0v) is 41.5. The normalized spacial score (nSPS) is 11.1. The maximum Gasteiger partial charge on any atom is 3.00 e. The van der Waals surface area contributed by atoms with Gasteiger partial charge in [0.2, 0.25) is 0 Å². The first kappa shape index (κ1) is 47.2. The van der Waals surface area contributed by atoms with E-state index in [-0.39, 0.29) is 25.9 Å². The van der Waals surface area contributed by atoms with Gasteiger partial charge in [0.15, 0.2) is 0 Å². The van der Waals surface area contributed by atoms with Gasteiger partial charge in [0, 0.05) is 24.2 Å². The number of benzene rings is 8. The van der Waals surface area contributed by atoms with Gasteiger partial charge in [0.1, 0.15) is 5.82 Å². The molecule has 11 aromatic rings. The molecular weight excluding hydrogens is 1060 g/mol. The molecule has 0 N–H and O–H groups in total. The van der Waals surface area contributed by atoms with Gasteiger partial charge in [0.25, 0.3) is 0 Å². The number of halogens is 1. The topological polar surface area (TPSA) is 38.7 Å². The van der Waals surface area contributed by atoms with Crippen molar-refractivity contribution in [1.29, 1.82) is 0 Å². The Morgan fingerprint density at radius 2 is 1.00 bits per heavy atom. The Hall–Kier alpha value is -8.47. The molecule has 0 fully saturated rings. The van der Waals surface area contributed by atoms with Gasteiger partial charge in [-0.1, -0.05) is 152 Å². The fourth-order valence-corrected chi connectivity index (χ4v) is 9.06. The van der Waals surface area contributed by atoms with Crippen LogP contribution < -0.4 is 0 Å². The van der Waals surface area contributed by atoms with Crippen molar-refractivity contribution in [3.05, 3.63) is 283 Å². The van der Waals surface area contributed by atoms with Crippen molar-refractivity contribution >= 4 is 12.2 Å². The van der Waals surface area contributed by atoms with Gasteiger partial charge in [-0.05, 0) is 109 Å². The Bertz CT molecular complexity index is 3600. The van der Waals surface area contributed by atoms with Crippen LogP contribution in [0.25, 0.3) is 102 Å². The fourth-order valence-electron chi connectivity index (χ4n) is 9.06. The molecule has 0 unspecified atom stereocenters. The summed E-state index contributed by atoms with van der Waals surface area (Å²) in [5.41, 5.74) is 19.7. The molecule has 0 aliphatic heterocycles. The Morgan fingerprint density at radius 1 is 0.375 bits per heavy atom. The van der Waals surface area contributed by atoms with E-state index >= 15 is 4.39 Å². The SMILES string of the molecule is Fc1ccc(-c2cnc(-c3[c-]ccc(-c4ccc(-c5ccccc5)cc4)c3)cc2-c2ccccc2)c(-c2cc(/C=C\c3c[c-]c(-c4ccccn4)cc3)cc(CCc3c[c-]c(-c4ccccn4)cc3)c2)c1.[Ir+3]. The molecule has 0 bridgehead atoms. The van der Waals surface area contributed by atoms with Crippen molar-refractivity contribution in [1.82, 2.24) is 15.0 Å². The molecule has 72 heavy (non-hydrogen) atoms. The van der Waals surface area contributed by atoms with Gasteiger partial charge in [-0.25, -0.2) is 4.39 Å². The molecule has 8 aromatic carbocycles. The minimum atomic E-state index is -0.313. The third-order valence-electron chi connectivity index (χ3n) is 12.8. The predicted molar refractivity (Wildman–Crippen MR) is 289 cm³/mol. The van der Waals surface area contributed by atoms with Crippen LogP contribution in [0.3, 0.4) is 0 Å². The second-order valence-corrected chi connectivity index (χ2v) is 17.5. The third-order valence-corrected chi connectivity index (χ3v) is 12.8. The average molecular weight is 1100 g/mol. The van der Waals surface area contributed by atoms with E-state index in [9.17, 15) is 0 Å². The summed E-state index contributed by atoms with van der Waals surface area (Å²) in [6, 6.07) is 83.9. The largest absolute Gasteiger partial charge is 3.00 e. The van der Waals surface area contributed by atoms with Gasteiger partial charge < -0.3 is 15.0 Å². The standard InChI is InChI=1S/C67H45FN3.Ir/c68-60-36-37-61(64-46-71-67(45-63(64)54-14-5-2-6-15-54)58-17-11-16-57(43-58)53-34-32-52(33-35-53)51-12-3-1-4-13-51)62(44-60)59-41-49(22-20-47-24-28-55(29-25-47)65-18-7-9-38-69-65)40-50(42-59)23-21-48-26-30-56(31-27-48)66-19-8-10-39-70-66;/h1-16,18-20,22,24-28,30,32-46H,21,23H2;/q-3;+3/b22-20-;. The molecule has 11 rings (SSSR count). The van der Waals surface area contributed by atoms with E-state index < -0.39 is 0 Å². The summed E-state index contributed by atoms with van der Waals surface area (Å²) in [6.45, 7) is 0. The number of hydrogen-bond acceptors (Lipinski definition) is 3.